The number of carbonyl (C=O) groups excluding carboxylic acids is 1. The topological polar surface area (TPSA) is 61.9 Å². The van der Waals surface area contributed by atoms with Crippen LogP contribution in [0.15, 0.2) is 41.0 Å². The van der Waals surface area contributed by atoms with Crippen LogP contribution in [-0.4, -0.2) is 29.3 Å². The molecule has 1 aromatic carbocycles. The molecule has 1 amide bonds. The first-order chi connectivity index (χ1) is 9.56. The van der Waals surface area contributed by atoms with Crippen molar-refractivity contribution in [1.82, 2.24) is 5.01 Å². The van der Waals surface area contributed by atoms with Crippen LogP contribution in [0, 0.1) is 6.92 Å². The highest BCUT2D eigenvalue weighted by Gasteiger charge is 2.37. The highest BCUT2D eigenvalue weighted by molar-refractivity contribution is 5.95. The third kappa shape index (κ3) is 2.10. The minimum atomic E-state index is -0.409. The number of hydrogen-bond acceptors (Lipinski definition) is 4. The van der Waals surface area contributed by atoms with Gasteiger partial charge in [0.05, 0.1) is 11.3 Å². The van der Waals surface area contributed by atoms with E-state index in [0.29, 0.717) is 5.57 Å². The van der Waals surface area contributed by atoms with E-state index in [9.17, 15) is 4.79 Å². The number of aliphatic imine (C=N–C) groups is 1. The first-order valence-corrected chi connectivity index (χ1v) is 6.73. The Kier molecular flexibility index (Phi) is 3.06. The van der Waals surface area contributed by atoms with Gasteiger partial charge in [0.1, 0.15) is 0 Å². The number of amides is 1. The molecule has 0 spiro atoms. The molecule has 2 heterocycles. The molecule has 5 heteroatoms. The lowest BCUT2D eigenvalue weighted by atomic mass is 10.1. The van der Waals surface area contributed by atoms with Gasteiger partial charge in [0, 0.05) is 18.5 Å². The molecule has 104 valence electrons. The third-order valence-electron chi connectivity index (χ3n) is 3.73. The minimum Gasteiger partial charge on any atom is -0.366 e. The van der Waals surface area contributed by atoms with Crippen LogP contribution >= 0.6 is 0 Å². The summed E-state index contributed by atoms with van der Waals surface area (Å²) in [7, 11) is 0. The number of anilines is 1. The van der Waals surface area contributed by atoms with E-state index in [1.165, 1.54) is 5.56 Å². The maximum atomic E-state index is 11.6. The van der Waals surface area contributed by atoms with Crippen LogP contribution in [0.2, 0.25) is 0 Å². The molecule has 0 saturated carbocycles. The maximum Gasteiger partial charge on any atom is 0.249 e. The normalized spacial score (nSPS) is 22.3. The molecule has 0 radical (unpaired) electrons. The molecule has 2 aliphatic heterocycles. The summed E-state index contributed by atoms with van der Waals surface area (Å²) in [6, 6.07) is 8.19. The van der Waals surface area contributed by atoms with E-state index in [4.69, 9.17) is 5.73 Å². The van der Waals surface area contributed by atoms with Crippen molar-refractivity contribution >= 4 is 17.3 Å². The summed E-state index contributed by atoms with van der Waals surface area (Å²) in [5.74, 6) is -0.409. The number of nitrogens with two attached hydrogens (primary N) is 1. The molecule has 1 unspecified atom stereocenters. The van der Waals surface area contributed by atoms with Gasteiger partial charge in [0.15, 0.2) is 6.17 Å². The largest absolute Gasteiger partial charge is 0.366 e. The van der Waals surface area contributed by atoms with Gasteiger partial charge in [-0.05, 0) is 32.4 Å². The molecule has 0 aromatic heterocycles. The Morgan fingerprint density at radius 1 is 1.30 bits per heavy atom. The van der Waals surface area contributed by atoms with E-state index in [-0.39, 0.29) is 6.17 Å². The zero-order valence-corrected chi connectivity index (χ0v) is 11.7. The van der Waals surface area contributed by atoms with Crippen molar-refractivity contribution in [1.29, 1.82) is 0 Å². The van der Waals surface area contributed by atoms with Crippen LogP contribution in [0.5, 0.6) is 0 Å². The molecule has 0 fully saturated rings. The summed E-state index contributed by atoms with van der Waals surface area (Å²) in [6.45, 7) is 4.88. The number of hydrazine groups is 1. The fraction of sp³-hybridized carbons (Fsp3) is 0.333. The lowest BCUT2D eigenvalue weighted by Gasteiger charge is -2.35. The van der Waals surface area contributed by atoms with Crippen LogP contribution in [0.1, 0.15) is 18.9 Å². The zero-order chi connectivity index (χ0) is 14.3. The lowest BCUT2D eigenvalue weighted by Crippen LogP contribution is -2.45. The van der Waals surface area contributed by atoms with Crippen LogP contribution in [-0.2, 0) is 4.79 Å². The minimum absolute atomic E-state index is 0.275. The predicted molar refractivity (Wildman–Crippen MR) is 79.2 cm³/mol. The molecule has 3 rings (SSSR count). The van der Waals surface area contributed by atoms with Gasteiger partial charge in [-0.1, -0.05) is 17.7 Å². The van der Waals surface area contributed by atoms with Gasteiger partial charge >= 0.3 is 0 Å². The van der Waals surface area contributed by atoms with Crippen molar-refractivity contribution in [3.63, 3.8) is 0 Å². The van der Waals surface area contributed by atoms with Crippen LogP contribution < -0.4 is 10.7 Å². The van der Waals surface area contributed by atoms with Crippen LogP contribution in [0.25, 0.3) is 0 Å². The molecule has 0 bridgehead atoms. The van der Waals surface area contributed by atoms with Crippen molar-refractivity contribution in [2.75, 3.05) is 11.6 Å². The van der Waals surface area contributed by atoms with Crippen LogP contribution in [0.3, 0.4) is 0 Å². The first kappa shape index (κ1) is 12.9. The third-order valence-corrected chi connectivity index (χ3v) is 3.73. The highest BCUT2D eigenvalue weighted by Crippen LogP contribution is 2.31. The Labute approximate surface area is 118 Å². The molecule has 2 N–H and O–H groups in total. The number of aryl methyl sites for hydroxylation is 1. The molecule has 0 aliphatic carbocycles. The molecule has 0 saturated heterocycles. The zero-order valence-electron chi connectivity index (χ0n) is 11.7. The average Bonchev–Trinajstić information content (AvgIpc) is 2.78. The lowest BCUT2D eigenvalue weighted by molar-refractivity contribution is -0.115. The van der Waals surface area contributed by atoms with Crippen molar-refractivity contribution in [3.8, 4) is 0 Å². The highest BCUT2D eigenvalue weighted by atomic mass is 16.1. The number of fused-ring (bicyclic) bond motifs is 1. The number of carbonyl (C=O) groups is 1. The Balaban J connectivity index is 2.00. The Bertz CT molecular complexity index is 603. The van der Waals surface area contributed by atoms with Gasteiger partial charge in [-0.15, -0.1) is 0 Å². The quantitative estimate of drug-likeness (QED) is 0.887. The van der Waals surface area contributed by atoms with E-state index >= 15 is 0 Å². The monoisotopic (exact) mass is 270 g/mol. The fourth-order valence-electron chi connectivity index (χ4n) is 2.58. The predicted octanol–water partition coefficient (Wildman–Crippen LogP) is 1.59. The Morgan fingerprint density at radius 2 is 2.00 bits per heavy atom. The van der Waals surface area contributed by atoms with E-state index < -0.39 is 5.91 Å². The molecule has 20 heavy (non-hydrogen) atoms. The number of rotatable bonds is 2. The molecular weight excluding hydrogens is 252 g/mol. The summed E-state index contributed by atoms with van der Waals surface area (Å²) in [4.78, 5) is 16.2. The van der Waals surface area contributed by atoms with Gasteiger partial charge in [-0.2, -0.15) is 5.01 Å². The van der Waals surface area contributed by atoms with Crippen molar-refractivity contribution in [3.05, 3.63) is 41.6 Å². The van der Waals surface area contributed by atoms with E-state index in [0.717, 1.165) is 24.4 Å². The van der Waals surface area contributed by atoms with Crippen molar-refractivity contribution in [2.45, 2.75) is 26.4 Å². The second kappa shape index (κ2) is 4.76. The number of benzene rings is 1. The Hall–Kier alpha value is -2.14. The summed E-state index contributed by atoms with van der Waals surface area (Å²) in [6.07, 6.45) is 2.43. The maximum absolute atomic E-state index is 11.6. The smallest absolute Gasteiger partial charge is 0.249 e. The van der Waals surface area contributed by atoms with E-state index in [1.807, 2.05) is 24.1 Å². The summed E-state index contributed by atoms with van der Waals surface area (Å²) < 4.78 is 0. The summed E-state index contributed by atoms with van der Waals surface area (Å²) in [5.41, 5.74) is 9.31. The van der Waals surface area contributed by atoms with Crippen LogP contribution in [0.4, 0.5) is 5.69 Å². The molecule has 5 nitrogen and oxygen atoms in total. The summed E-state index contributed by atoms with van der Waals surface area (Å²) >= 11 is 0. The van der Waals surface area contributed by atoms with E-state index in [1.54, 1.807) is 6.20 Å². The van der Waals surface area contributed by atoms with Gasteiger partial charge in [0.25, 0.3) is 0 Å². The van der Waals surface area contributed by atoms with Crippen molar-refractivity contribution < 1.29 is 4.79 Å². The first-order valence-electron chi connectivity index (χ1n) is 6.73. The molecule has 2 aliphatic rings. The van der Waals surface area contributed by atoms with Gasteiger partial charge in [0.2, 0.25) is 5.91 Å². The second-order valence-electron chi connectivity index (χ2n) is 5.28. The number of primary amides is 1. The average molecular weight is 270 g/mol. The van der Waals surface area contributed by atoms with Gasteiger partial charge < -0.3 is 5.73 Å². The fourth-order valence-corrected chi connectivity index (χ4v) is 2.58. The van der Waals surface area contributed by atoms with Gasteiger partial charge in [-0.25, -0.2) is 0 Å². The van der Waals surface area contributed by atoms with Crippen molar-refractivity contribution in [2.24, 2.45) is 10.7 Å². The molecule has 1 aromatic rings. The van der Waals surface area contributed by atoms with E-state index in [2.05, 4.69) is 29.1 Å². The number of hydrogen-bond donors (Lipinski definition) is 1. The standard InChI is InChI=1S/C15H18N4O/c1-10-3-5-12(6-4-10)19-9-13(14(16)20)15-17-11(2)7-8-18(15)19/h3-6,9,15H,7-8H2,1-2H3,(H2,16,20). The number of nitrogens with zero attached hydrogens (tertiary/aromatic N) is 3. The Morgan fingerprint density at radius 3 is 2.65 bits per heavy atom. The SMILES string of the molecule is CC1=NC2C(C(N)=O)=CN(c3ccc(C)cc3)N2CC1. The second-order valence-corrected chi connectivity index (χ2v) is 5.28. The van der Waals surface area contributed by atoms with Gasteiger partial charge in [-0.3, -0.25) is 14.8 Å². The summed E-state index contributed by atoms with van der Waals surface area (Å²) in [5, 5.41) is 4.07. The molecule has 1 atom stereocenters. The molecular formula is C15H18N4O.